The lowest BCUT2D eigenvalue weighted by Crippen LogP contribution is -2.34. The normalized spacial score (nSPS) is 17.7. The van der Waals surface area contributed by atoms with E-state index in [4.69, 9.17) is 0 Å². The van der Waals surface area contributed by atoms with Gasteiger partial charge in [-0.05, 0) is 29.2 Å². The number of rotatable bonds is 6. The van der Waals surface area contributed by atoms with Crippen molar-refractivity contribution in [1.82, 2.24) is 24.5 Å². The summed E-state index contributed by atoms with van der Waals surface area (Å²) < 4.78 is 27.0. The van der Waals surface area contributed by atoms with Crippen LogP contribution in [0.3, 0.4) is 0 Å². The maximum absolute atomic E-state index is 12.1. The fraction of sp³-hybridized carbons (Fsp3) is 0.900. The minimum Gasteiger partial charge on any atom is -0.231 e. The van der Waals surface area contributed by atoms with E-state index < -0.39 is 10.0 Å². The van der Waals surface area contributed by atoms with Crippen molar-refractivity contribution in [3.8, 4) is 0 Å². The molecule has 1 saturated carbocycles. The molecule has 0 aromatic carbocycles. The standard InChI is InChI=1S/C10H19N5O2S/c1-14(8-10-4-2-3-5-10)18(16,17)7-6-15-9-11-12-13-15/h9-10H,2-8H2,1H3. The molecular weight excluding hydrogens is 254 g/mol. The molecule has 0 unspecified atom stereocenters. The van der Waals surface area contributed by atoms with Crippen LogP contribution in [0.25, 0.3) is 0 Å². The maximum atomic E-state index is 12.1. The fourth-order valence-corrected chi connectivity index (χ4v) is 3.48. The van der Waals surface area contributed by atoms with Crippen LogP contribution in [0, 0.1) is 5.92 Å². The summed E-state index contributed by atoms with van der Waals surface area (Å²) in [6, 6.07) is 0. The zero-order chi connectivity index (χ0) is 13.0. The molecule has 1 fully saturated rings. The predicted molar refractivity (Wildman–Crippen MR) is 66.2 cm³/mol. The molecule has 8 heteroatoms. The molecule has 102 valence electrons. The van der Waals surface area contributed by atoms with Gasteiger partial charge in [-0.25, -0.2) is 17.4 Å². The monoisotopic (exact) mass is 273 g/mol. The molecule has 0 bridgehead atoms. The van der Waals surface area contributed by atoms with Crippen molar-refractivity contribution in [1.29, 1.82) is 0 Å². The zero-order valence-electron chi connectivity index (χ0n) is 10.6. The number of hydrogen-bond acceptors (Lipinski definition) is 5. The topological polar surface area (TPSA) is 81.0 Å². The minimum atomic E-state index is -3.21. The Labute approximate surface area is 107 Å². The third-order valence-corrected chi connectivity index (χ3v) is 5.23. The van der Waals surface area contributed by atoms with E-state index in [1.54, 1.807) is 7.05 Å². The van der Waals surface area contributed by atoms with Crippen LogP contribution in [0.2, 0.25) is 0 Å². The van der Waals surface area contributed by atoms with E-state index in [9.17, 15) is 8.42 Å². The molecular formula is C10H19N5O2S. The molecule has 0 atom stereocenters. The minimum absolute atomic E-state index is 0.0429. The summed E-state index contributed by atoms with van der Waals surface area (Å²) in [5.74, 6) is 0.569. The van der Waals surface area contributed by atoms with Gasteiger partial charge in [0.1, 0.15) is 6.33 Å². The average molecular weight is 273 g/mol. The van der Waals surface area contributed by atoms with Crippen LogP contribution < -0.4 is 0 Å². The second kappa shape index (κ2) is 5.75. The average Bonchev–Trinajstić information content (AvgIpc) is 2.99. The molecule has 1 aliphatic rings. The van der Waals surface area contributed by atoms with Crippen molar-refractivity contribution in [2.24, 2.45) is 5.92 Å². The molecule has 1 aromatic rings. The number of aryl methyl sites for hydroxylation is 1. The summed E-state index contributed by atoms with van der Waals surface area (Å²) in [6.07, 6.45) is 6.17. The number of sulfonamides is 1. The largest absolute Gasteiger partial charge is 0.231 e. The highest BCUT2D eigenvalue weighted by molar-refractivity contribution is 7.89. The zero-order valence-corrected chi connectivity index (χ0v) is 11.4. The van der Waals surface area contributed by atoms with E-state index in [0.717, 1.165) is 12.8 Å². The smallest absolute Gasteiger partial charge is 0.215 e. The van der Waals surface area contributed by atoms with E-state index in [2.05, 4.69) is 15.5 Å². The molecule has 1 aliphatic carbocycles. The first-order chi connectivity index (χ1) is 8.58. The lowest BCUT2D eigenvalue weighted by molar-refractivity contribution is 0.385. The molecule has 0 N–H and O–H groups in total. The van der Waals surface area contributed by atoms with Gasteiger partial charge in [-0.3, -0.25) is 0 Å². The summed E-state index contributed by atoms with van der Waals surface area (Å²) in [4.78, 5) is 0. The second-order valence-electron chi connectivity index (χ2n) is 4.82. The van der Waals surface area contributed by atoms with Crippen LogP contribution in [0.5, 0.6) is 0 Å². The maximum Gasteiger partial charge on any atom is 0.215 e. The fourth-order valence-electron chi connectivity index (χ4n) is 2.32. The number of nitrogens with zero attached hydrogens (tertiary/aromatic N) is 5. The molecule has 0 aliphatic heterocycles. The highest BCUT2D eigenvalue weighted by Crippen LogP contribution is 2.25. The lowest BCUT2D eigenvalue weighted by Gasteiger charge is -2.20. The van der Waals surface area contributed by atoms with Crippen LogP contribution in [-0.2, 0) is 16.6 Å². The van der Waals surface area contributed by atoms with Gasteiger partial charge >= 0.3 is 0 Å². The molecule has 7 nitrogen and oxygen atoms in total. The molecule has 0 spiro atoms. The second-order valence-corrected chi connectivity index (χ2v) is 7.02. The number of tetrazole rings is 1. The van der Waals surface area contributed by atoms with Crippen molar-refractivity contribution in [3.05, 3.63) is 6.33 Å². The Bertz CT molecular complexity index is 453. The molecule has 0 saturated heterocycles. The SMILES string of the molecule is CN(CC1CCCC1)S(=O)(=O)CCn1cnnn1. The van der Waals surface area contributed by atoms with Gasteiger partial charge < -0.3 is 0 Å². The molecule has 2 rings (SSSR count). The first-order valence-corrected chi connectivity index (χ1v) is 7.83. The summed E-state index contributed by atoms with van der Waals surface area (Å²) in [7, 11) is -1.55. The van der Waals surface area contributed by atoms with Gasteiger partial charge in [0.05, 0.1) is 12.3 Å². The summed E-state index contributed by atoms with van der Waals surface area (Å²) in [5.41, 5.74) is 0. The van der Waals surface area contributed by atoms with Crippen molar-refractivity contribution < 1.29 is 8.42 Å². The van der Waals surface area contributed by atoms with E-state index >= 15 is 0 Å². The number of aromatic nitrogens is 4. The van der Waals surface area contributed by atoms with Gasteiger partial charge in [0, 0.05) is 13.6 Å². The Morgan fingerprint density at radius 2 is 2.11 bits per heavy atom. The molecule has 0 amide bonds. The summed E-state index contributed by atoms with van der Waals surface area (Å²) >= 11 is 0. The van der Waals surface area contributed by atoms with Crippen molar-refractivity contribution in [2.75, 3.05) is 19.3 Å². The van der Waals surface area contributed by atoms with E-state index in [1.165, 1.54) is 28.2 Å². The molecule has 18 heavy (non-hydrogen) atoms. The van der Waals surface area contributed by atoms with Crippen molar-refractivity contribution in [2.45, 2.75) is 32.2 Å². The Balaban J connectivity index is 1.84. The van der Waals surface area contributed by atoms with Crippen molar-refractivity contribution >= 4 is 10.0 Å². The van der Waals surface area contributed by atoms with Gasteiger partial charge in [0.15, 0.2) is 0 Å². The van der Waals surface area contributed by atoms with Gasteiger partial charge in [-0.15, -0.1) is 5.10 Å². The third-order valence-electron chi connectivity index (χ3n) is 3.43. The van der Waals surface area contributed by atoms with Gasteiger partial charge in [0.25, 0.3) is 0 Å². The van der Waals surface area contributed by atoms with Gasteiger partial charge in [-0.2, -0.15) is 0 Å². The Kier molecular flexibility index (Phi) is 4.28. The van der Waals surface area contributed by atoms with Crippen LogP contribution in [0.1, 0.15) is 25.7 Å². The quantitative estimate of drug-likeness (QED) is 0.735. The first kappa shape index (κ1) is 13.4. The van der Waals surface area contributed by atoms with Crippen LogP contribution in [0.4, 0.5) is 0 Å². The highest BCUT2D eigenvalue weighted by atomic mass is 32.2. The lowest BCUT2D eigenvalue weighted by atomic mass is 10.1. The highest BCUT2D eigenvalue weighted by Gasteiger charge is 2.23. The van der Waals surface area contributed by atoms with E-state index in [1.807, 2.05) is 0 Å². The van der Waals surface area contributed by atoms with E-state index in [0.29, 0.717) is 19.0 Å². The van der Waals surface area contributed by atoms with Crippen LogP contribution in [0.15, 0.2) is 6.33 Å². The Morgan fingerprint density at radius 3 is 2.72 bits per heavy atom. The first-order valence-electron chi connectivity index (χ1n) is 6.23. The summed E-state index contributed by atoms with van der Waals surface area (Å²) in [5, 5.41) is 10.6. The predicted octanol–water partition coefficient (Wildman–Crippen LogP) is 0.125. The number of hydrogen-bond donors (Lipinski definition) is 0. The Morgan fingerprint density at radius 1 is 1.39 bits per heavy atom. The van der Waals surface area contributed by atoms with Gasteiger partial charge in [0.2, 0.25) is 10.0 Å². The Hall–Kier alpha value is -1.02. The molecule has 1 heterocycles. The van der Waals surface area contributed by atoms with Crippen molar-refractivity contribution in [3.63, 3.8) is 0 Å². The molecule has 0 radical (unpaired) electrons. The van der Waals surface area contributed by atoms with Crippen LogP contribution >= 0.6 is 0 Å². The summed E-state index contributed by atoms with van der Waals surface area (Å²) in [6.45, 7) is 0.933. The van der Waals surface area contributed by atoms with Crippen LogP contribution in [-0.4, -0.2) is 52.3 Å². The van der Waals surface area contributed by atoms with E-state index in [-0.39, 0.29) is 5.75 Å². The van der Waals surface area contributed by atoms with Gasteiger partial charge in [-0.1, -0.05) is 12.8 Å². The third kappa shape index (κ3) is 3.49. The molecule has 1 aromatic heterocycles.